The summed E-state index contributed by atoms with van der Waals surface area (Å²) >= 11 is 0. The van der Waals surface area contributed by atoms with Crippen LogP contribution in [-0.2, 0) is 13.0 Å². The van der Waals surface area contributed by atoms with Crippen molar-refractivity contribution in [3.63, 3.8) is 0 Å². The zero-order chi connectivity index (χ0) is 14.4. The molecule has 2 rings (SSSR count). The normalized spacial score (nSPS) is 17.2. The molecule has 0 aliphatic carbocycles. The maximum Gasteiger partial charge on any atom is 0.226 e. The van der Waals surface area contributed by atoms with Crippen molar-refractivity contribution in [2.45, 2.75) is 59.0 Å². The molecule has 0 aromatic carbocycles. The molecule has 1 saturated heterocycles. The van der Waals surface area contributed by atoms with Crippen molar-refractivity contribution in [3.05, 3.63) is 11.7 Å². The van der Waals surface area contributed by atoms with E-state index in [4.69, 9.17) is 4.52 Å². The third-order valence-corrected chi connectivity index (χ3v) is 4.00. The second-order valence-corrected chi connectivity index (χ2v) is 6.07. The van der Waals surface area contributed by atoms with Gasteiger partial charge in [-0.3, -0.25) is 4.90 Å². The fourth-order valence-corrected chi connectivity index (χ4v) is 2.71. The lowest BCUT2D eigenvalue weighted by atomic mass is 9.97. The van der Waals surface area contributed by atoms with Crippen LogP contribution in [0.1, 0.15) is 51.7 Å². The highest BCUT2D eigenvalue weighted by Gasteiger charge is 2.20. The van der Waals surface area contributed by atoms with Gasteiger partial charge in [0.2, 0.25) is 5.89 Å². The molecule has 0 bridgehead atoms. The zero-order valence-electron chi connectivity index (χ0n) is 13.1. The summed E-state index contributed by atoms with van der Waals surface area (Å²) in [4.78, 5) is 6.95. The van der Waals surface area contributed by atoms with Crippen LogP contribution in [0.5, 0.6) is 0 Å². The van der Waals surface area contributed by atoms with E-state index in [9.17, 15) is 0 Å². The second kappa shape index (κ2) is 7.74. The van der Waals surface area contributed by atoms with Crippen molar-refractivity contribution in [2.24, 2.45) is 5.92 Å². The van der Waals surface area contributed by atoms with Gasteiger partial charge in [-0.15, -0.1) is 0 Å². The van der Waals surface area contributed by atoms with Gasteiger partial charge in [0.25, 0.3) is 0 Å². The lowest BCUT2D eigenvalue weighted by Gasteiger charge is -2.31. The number of aryl methyl sites for hydroxylation is 1. The molecule has 114 valence electrons. The van der Waals surface area contributed by atoms with E-state index in [-0.39, 0.29) is 0 Å². The number of aromatic nitrogens is 2. The van der Waals surface area contributed by atoms with Crippen LogP contribution in [0.4, 0.5) is 0 Å². The number of hydrogen-bond acceptors (Lipinski definition) is 5. The Morgan fingerprint density at radius 2 is 2.10 bits per heavy atom. The van der Waals surface area contributed by atoms with Gasteiger partial charge in [0.15, 0.2) is 5.82 Å². The van der Waals surface area contributed by atoms with Crippen molar-refractivity contribution >= 4 is 0 Å². The number of nitrogens with one attached hydrogen (secondary N) is 1. The quantitative estimate of drug-likeness (QED) is 0.830. The molecule has 0 unspecified atom stereocenters. The highest BCUT2D eigenvalue weighted by atomic mass is 16.5. The molecule has 1 aliphatic rings. The summed E-state index contributed by atoms with van der Waals surface area (Å²) in [6.45, 7) is 10.9. The summed E-state index contributed by atoms with van der Waals surface area (Å²) in [5.41, 5.74) is 0. The number of piperidine rings is 1. The minimum absolute atomic E-state index is 0.512. The van der Waals surface area contributed by atoms with Crippen LogP contribution >= 0.6 is 0 Å². The topological polar surface area (TPSA) is 54.2 Å². The molecule has 20 heavy (non-hydrogen) atoms. The molecule has 0 atom stereocenters. The first-order valence-electron chi connectivity index (χ1n) is 7.95. The molecule has 1 aromatic heterocycles. The van der Waals surface area contributed by atoms with Gasteiger partial charge in [-0.1, -0.05) is 12.1 Å². The van der Waals surface area contributed by atoms with E-state index < -0.39 is 0 Å². The lowest BCUT2D eigenvalue weighted by Crippen LogP contribution is -2.39. The monoisotopic (exact) mass is 280 g/mol. The Morgan fingerprint density at radius 3 is 2.75 bits per heavy atom. The average molecular weight is 280 g/mol. The Labute approximate surface area is 122 Å². The van der Waals surface area contributed by atoms with E-state index in [2.05, 4.69) is 41.1 Å². The van der Waals surface area contributed by atoms with Gasteiger partial charge >= 0.3 is 0 Å². The largest absolute Gasteiger partial charge is 0.339 e. The van der Waals surface area contributed by atoms with Crippen LogP contribution < -0.4 is 5.32 Å². The fourth-order valence-electron chi connectivity index (χ4n) is 2.71. The summed E-state index contributed by atoms with van der Waals surface area (Å²) in [6, 6.07) is 0.512. The molecule has 1 N–H and O–H groups in total. The Balaban J connectivity index is 1.90. The summed E-state index contributed by atoms with van der Waals surface area (Å²) in [7, 11) is 0. The Hall–Kier alpha value is -0.940. The SMILES string of the molecule is CCCc1nc(CN(CC2CCNCC2)C(C)C)no1. The first-order valence-corrected chi connectivity index (χ1v) is 7.95. The number of rotatable bonds is 7. The van der Waals surface area contributed by atoms with Crippen LogP contribution in [0.3, 0.4) is 0 Å². The van der Waals surface area contributed by atoms with E-state index in [1.807, 2.05) is 0 Å². The van der Waals surface area contributed by atoms with Crippen molar-refractivity contribution in [1.29, 1.82) is 0 Å². The Bertz CT molecular complexity index is 385. The summed E-state index contributed by atoms with van der Waals surface area (Å²) in [5, 5.41) is 7.54. The van der Waals surface area contributed by atoms with Crippen LogP contribution in [0.25, 0.3) is 0 Å². The van der Waals surface area contributed by atoms with Gasteiger partial charge in [0, 0.05) is 19.0 Å². The van der Waals surface area contributed by atoms with Crippen molar-refractivity contribution in [2.75, 3.05) is 19.6 Å². The predicted molar refractivity (Wildman–Crippen MR) is 79.4 cm³/mol. The van der Waals surface area contributed by atoms with Gasteiger partial charge in [0.1, 0.15) is 0 Å². The third kappa shape index (κ3) is 4.56. The number of nitrogens with zero attached hydrogens (tertiary/aromatic N) is 3. The molecular formula is C15H28N4O. The maximum absolute atomic E-state index is 5.28. The van der Waals surface area contributed by atoms with Crippen molar-refractivity contribution in [3.8, 4) is 0 Å². The van der Waals surface area contributed by atoms with E-state index in [1.54, 1.807) is 0 Å². The average Bonchev–Trinajstić information content (AvgIpc) is 2.87. The van der Waals surface area contributed by atoms with E-state index in [1.165, 1.54) is 12.8 Å². The second-order valence-electron chi connectivity index (χ2n) is 6.07. The smallest absolute Gasteiger partial charge is 0.226 e. The van der Waals surface area contributed by atoms with Crippen LogP contribution in [0.15, 0.2) is 4.52 Å². The van der Waals surface area contributed by atoms with Crippen LogP contribution in [-0.4, -0.2) is 40.7 Å². The van der Waals surface area contributed by atoms with E-state index in [0.717, 1.165) is 56.7 Å². The molecule has 0 saturated carbocycles. The van der Waals surface area contributed by atoms with Gasteiger partial charge in [-0.05, 0) is 52.1 Å². The molecule has 0 amide bonds. The Morgan fingerprint density at radius 1 is 1.35 bits per heavy atom. The van der Waals surface area contributed by atoms with Gasteiger partial charge in [0.05, 0.1) is 6.54 Å². The van der Waals surface area contributed by atoms with Gasteiger partial charge in [-0.2, -0.15) is 4.98 Å². The van der Waals surface area contributed by atoms with Gasteiger partial charge < -0.3 is 9.84 Å². The Kier molecular flexibility index (Phi) is 5.98. The maximum atomic E-state index is 5.28. The van der Waals surface area contributed by atoms with Crippen molar-refractivity contribution < 1.29 is 4.52 Å². The number of hydrogen-bond donors (Lipinski definition) is 1. The highest BCUT2D eigenvalue weighted by molar-refractivity contribution is 4.88. The highest BCUT2D eigenvalue weighted by Crippen LogP contribution is 2.16. The molecule has 1 fully saturated rings. The fraction of sp³-hybridized carbons (Fsp3) is 0.867. The van der Waals surface area contributed by atoms with Crippen molar-refractivity contribution in [1.82, 2.24) is 20.4 Å². The minimum Gasteiger partial charge on any atom is -0.339 e. The molecule has 5 nitrogen and oxygen atoms in total. The molecule has 0 radical (unpaired) electrons. The third-order valence-electron chi connectivity index (χ3n) is 4.00. The van der Waals surface area contributed by atoms with Gasteiger partial charge in [-0.25, -0.2) is 0 Å². The standard InChI is InChI=1S/C15H28N4O/c1-4-5-15-17-14(18-20-15)11-19(12(2)3)10-13-6-8-16-9-7-13/h12-13,16H,4-11H2,1-3H3. The molecule has 0 spiro atoms. The summed E-state index contributed by atoms with van der Waals surface area (Å²) in [5.74, 6) is 2.39. The van der Waals surface area contributed by atoms with E-state index >= 15 is 0 Å². The van der Waals surface area contributed by atoms with E-state index in [0.29, 0.717) is 6.04 Å². The molecule has 5 heteroatoms. The molecule has 2 heterocycles. The summed E-state index contributed by atoms with van der Waals surface area (Å²) < 4.78 is 5.28. The first-order chi connectivity index (χ1) is 9.69. The summed E-state index contributed by atoms with van der Waals surface area (Å²) in [6.07, 6.45) is 4.47. The minimum atomic E-state index is 0.512. The predicted octanol–water partition coefficient (Wildman–Crippen LogP) is 2.23. The molecule has 1 aliphatic heterocycles. The molecule has 1 aromatic rings. The van der Waals surface area contributed by atoms with Crippen LogP contribution in [0.2, 0.25) is 0 Å². The van der Waals surface area contributed by atoms with Crippen LogP contribution in [0, 0.1) is 5.92 Å². The molecular weight excluding hydrogens is 252 g/mol. The lowest BCUT2D eigenvalue weighted by molar-refractivity contribution is 0.156. The first kappa shape index (κ1) is 15.4. The zero-order valence-corrected chi connectivity index (χ0v) is 13.1.